The number of piperidine rings is 1. The van der Waals surface area contributed by atoms with Crippen LogP contribution in [0.2, 0.25) is 0 Å². The van der Waals surface area contributed by atoms with Gasteiger partial charge in [0.25, 0.3) is 0 Å². The first-order valence-corrected chi connectivity index (χ1v) is 11.6. The molecule has 6 rings (SSSR count). The van der Waals surface area contributed by atoms with Crippen LogP contribution in [0.5, 0.6) is 0 Å². The van der Waals surface area contributed by atoms with Crippen LogP contribution >= 0.6 is 11.3 Å². The number of nitrogens with zero attached hydrogens (tertiary/aromatic N) is 4. The topological polar surface area (TPSA) is 34.0 Å². The van der Waals surface area contributed by atoms with Crippen molar-refractivity contribution in [1.82, 2.24) is 19.7 Å². The van der Waals surface area contributed by atoms with Gasteiger partial charge in [-0.2, -0.15) is 0 Å². The predicted molar refractivity (Wildman–Crippen MR) is 113 cm³/mol. The molecule has 28 heavy (non-hydrogen) atoms. The minimum Gasteiger partial charge on any atom is -0.311 e. The fraction of sp³-hybridized carbons (Fsp3) is 0.478. The van der Waals surface area contributed by atoms with Crippen molar-refractivity contribution in [2.75, 3.05) is 13.1 Å². The summed E-state index contributed by atoms with van der Waals surface area (Å²) in [6.45, 7) is 3.45. The minimum absolute atomic E-state index is 0.557. The number of aromatic nitrogens is 3. The van der Waals surface area contributed by atoms with Gasteiger partial charge >= 0.3 is 0 Å². The van der Waals surface area contributed by atoms with Gasteiger partial charge in [0, 0.05) is 28.9 Å². The van der Waals surface area contributed by atoms with Gasteiger partial charge in [-0.25, -0.2) is 0 Å². The van der Waals surface area contributed by atoms with E-state index in [2.05, 4.69) is 50.3 Å². The van der Waals surface area contributed by atoms with Gasteiger partial charge in [-0.1, -0.05) is 24.3 Å². The van der Waals surface area contributed by atoms with Gasteiger partial charge in [0.2, 0.25) is 0 Å². The molecule has 0 N–H and O–H groups in total. The van der Waals surface area contributed by atoms with Crippen LogP contribution in [0.15, 0.2) is 35.7 Å². The summed E-state index contributed by atoms with van der Waals surface area (Å²) >= 11 is 1.87. The molecule has 2 aliphatic heterocycles. The maximum Gasteiger partial charge on any atom is 0.165 e. The predicted octanol–water partition coefficient (Wildman–Crippen LogP) is 4.30. The van der Waals surface area contributed by atoms with Crippen molar-refractivity contribution in [2.45, 2.75) is 57.0 Å². The van der Waals surface area contributed by atoms with Crippen molar-refractivity contribution < 1.29 is 0 Å². The van der Waals surface area contributed by atoms with Crippen molar-refractivity contribution in [2.24, 2.45) is 0 Å². The average molecular weight is 391 g/mol. The zero-order chi connectivity index (χ0) is 18.5. The second kappa shape index (κ2) is 6.82. The van der Waals surface area contributed by atoms with E-state index in [0.717, 1.165) is 12.4 Å². The van der Waals surface area contributed by atoms with Crippen molar-refractivity contribution in [1.29, 1.82) is 0 Å². The zero-order valence-corrected chi connectivity index (χ0v) is 17.0. The molecule has 0 unspecified atom stereocenters. The number of likely N-dealkylation sites (tertiary alicyclic amines) is 1. The molecule has 5 heteroatoms. The van der Waals surface area contributed by atoms with E-state index < -0.39 is 0 Å². The first-order valence-electron chi connectivity index (χ1n) is 10.7. The molecule has 3 aromatic rings. The maximum atomic E-state index is 4.70. The largest absolute Gasteiger partial charge is 0.311 e. The molecule has 1 saturated heterocycles. The van der Waals surface area contributed by atoms with Gasteiger partial charge in [-0.3, -0.25) is 4.90 Å². The quantitative estimate of drug-likeness (QED) is 0.654. The van der Waals surface area contributed by atoms with Crippen LogP contribution in [0.4, 0.5) is 0 Å². The summed E-state index contributed by atoms with van der Waals surface area (Å²) in [4.78, 5) is 4.21. The summed E-state index contributed by atoms with van der Waals surface area (Å²) in [5, 5.41) is 11.5. The van der Waals surface area contributed by atoms with Gasteiger partial charge in [0.05, 0.1) is 0 Å². The highest BCUT2D eigenvalue weighted by atomic mass is 32.1. The van der Waals surface area contributed by atoms with Crippen molar-refractivity contribution >= 4 is 11.3 Å². The monoisotopic (exact) mass is 390 g/mol. The fourth-order valence-electron chi connectivity index (χ4n) is 5.48. The van der Waals surface area contributed by atoms with Gasteiger partial charge in [0.1, 0.15) is 5.82 Å². The summed E-state index contributed by atoms with van der Waals surface area (Å²) in [5.41, 5.74) is 4.44. The summed E-state index contributed by atoms with van der Waals surface area (Å²) in [6.07, 6.45) is 7.24. The van der Waals surface area contributed by atoms with Crippen molar-refractivity contribution in [3.63, 3.8) is 0 Å². The molecule has 1 aliphatic carbocycles. The molecule has 1 aromatic carbocycles. The van der Waals surface area contributed by atoms with Crippen molar-refractivity contribution in [3.05, 3.63) is 57.5 Å². The molecule has 2 aromatic heterocycles. The highest BCUT2D eigenvalue weighted by Crippen LogP contribution is 2.36. The molecular formula is C23H26N4S. The summed E-state index contributed by atoms with van der Waals surface area (Å²) in [6, 6.07) is 11.9. The van der Waals surface area contributed by atoms with Gasteiger partial charge < -0.3 is 4.57 Å². The molecule has 4 nitrogen and oxygen atoms in total. The molecule has 0 bridgehead atoms. The lowest BCUT2D eigenvalue weighted by Crippen LogP contribution is -2.41. The first kappa shape index (κ1) is 16.9. The molecule has 1 fully saturated rings. The molecule has 4 heterocycles. The van der Waals surface area contributed by atoms with Crippen LogP contribution in [-0.2, 0) is 25.8 Å². The summed E-state index contributed by atoms with van der Waals surface area (Å²) in [7, 11) is 0. The smallest absolute Gasteiger partial charge is 0.165 e. The van der Waals surface area contributed by atoms with Crippen molar-refractivity contribution in [3.8, 4) is 11.4 Å². The Bertz CT molecular complexity index is 971. The third-order valence-corrected chi connectivity index (χ3v) is 7.97. The first-order chi connectivity index (χ1) is 13.9. The standard InChI is InChI=1S/C23H26N4S/c1-2-5-18-15-19(14-17(18)4-1)26-11-7-16(8-12-26)22-24-25-23-20-9-13-28-21(20)6-3-10-27(22)23/h1-2,4-5,9,13,16,19H,3,6-8,10-12,14-15H2. The lowest BCUT2D eigenvalue weighted by molar-refractivity contribution is 0.153. The lowest BCUT2D eigenvalue weighted by Gasteiger charge is -2.35. The van der Waals surface area contributed by atoms with E-state index >= 15 is 0 Å². The third-order valence-electron chi connectivity index (χ3n) is 6.99. The van der Waals surface area contributed by atoms with E-state index in [-0.39, 0.29) is 0 Å². The summed E-state index contributed by atoms with van der Waals surface area (Å²) < 4.78 is 2.43. The van der Waals surface area contributed by atoms with E-state index in [0.29, 0.717) is 12.0 Å². The second-order valence-corrected chi connectivity index (χ2v) is 9.54. The van der Waals surface area contributed by atoms with Crippen LogP contribution in [0.25, 0.3) is 11.4 Å². The van der Waals surface area contributed by atoms with Crippen LogP contribution in [0, 0.1) is 0 Å². The molecular weight excluding hydrogens is 364 g/mol. The number of thiophene rings is 1. The van der Waals surface area contributed by atoms with Crippen LogP contribution in [0.1, 0.15) is 47.0 Å². The Morgan fingerprint density at radius 3 is 2.50 bits per heavy atom. The van der Waals surface area contributed by atoms with E-state index in [9.17, 15) is 0 Å². The van der Waals surface area contributed by atoms with Gasteiger partial charge in [-0.15, -0.1) is 21.5 Å². The summed E-state index contributed by atoms with van der Waals surface area (Å²) in [5.74, 6) is 2.90. The Hall–Kier alpha value is -1.98. The Labute approximate surface area is 170 Å². The van der Waals surface area contributed by atoms with E-state index in [1.807, 2.05) is 11.3 Å². The number of fused-ring (bicyclic) bond motifs is 4. The van der Waals surface area contributed by atoms with Gasteiger partial charge in [0.15, 0.2) is 5.82 Å². The van der Waals surface area contributed by atoms with E-state index in [1.54, 1.807) is 11.1 Å². The minimum atomic E-state index is 0.557. The second-order valence-electron chi connectivity index (χ2n) is 8.54. The number of hydrogen-bond acceptors (Lipinski definition) is 4. The number of benzene rings is 1. The maximum absolute atomic E-state index is 4.70. The Kier molecular flexibility index (Phi) is 4.12. The number of aryl methyl sites for hydroxylation is 1. The molecule has 0 atom stereocenters. The Morgan fingerprint density at radius 2 is 1.71 bits per heavy atom. The van der Waals surface area contributed by atoms with Gasteiger partial charge in [-0.05, 0) is 74.2 Å². The normalized spacial score (nSPS) is 20.6. The molecule has 0 radical (unpaired) electrons. The van der Waals surface area contributed by atoms with Crippen LogP contribution < -0.4 is 0 Å². The molecule has 144 valence electrons. The zero-order valence-electron chi connectivity index (χ0n) is 16.2. The third kappa shape index (κ3) is 2.75. The number of hydrogen-bond donors (Lipinski definition) is 0. The van der Waals surface area contributed by atoms with Crippen LogP contribution in [0.3, 0.4) is 0 Å². The average Bonchev–Trinajstić information content (AvgIpc) is 3.44. The Morgan fingerprint density at radius 1 is 0.929 bits per heavy atom. The number of rotatable bonds is 2. The molecule has 0 amide bonds. The van der Waals surface area contributed by atoms with E-state index in [4.69, 9.17) is 5.10 Å². The molecule has 0 spiro atoms. The fourth-order valence-corrected chi connectivity index (χ4v) is 6.40. The highest BCUT2D eigenvalue weighted by Gasteiger charge is 2.32. The molecule has 3 aliphatic rings. The highest BCUT2D eigenvalue weighted by molar-refractivity contribution is 7.10. The van der Waals surface area contributed by atoms with E-state index in [1.165, 1.54) is 67.9 Å². The lowest BCUT2D eigenvalue weighted by atomic mass is 9.94. The molecule has 0 saturated carbocycles. The Balaban J connectivity index is 1.18. The van der Waals surface area contributed by atoms with Crippen LogP contribution in [-0.4, -0.2) is 38.8 Å². The SMILES string of the molecule is c1ccc2c(c1)CC(N1CCC(c3nnc4n3CCCc3sccc3-4)CC1)C2.